The summed E-state index contributed by atoms with van der Waals surface area (Å²) in [6.45, 7) is 1.97. The Hall–Kier alpha value is -1.28. The summed E-state index contributed by atoms with van der Waals surface area (Å²) >= 11 is 5.92. The summed E-state index contributed by atoms with van der Waals surface area (Å²) in [6.07, 6.45) is 2.07. The average Bonchev–Trinajstić information content (AvgIpc) is 2.38. The van der Waals surface area contributed by atoms with E-state index in [2.05, 4.69) is 18.2 Å². The first-order chi connectivity index (χ1) is 8.66. The number of hydrogen-bond acceptors (Lipinski definition) is 1. The van der Waals surface area contributed by atoms with Crippen LogP contribution in [0.3, 0.4) is 0 Å². The summed E-state index contributed by atoms with van der Waals surface area (Å²) in [5, 5.41) is 0.743. The van der Waals surface area contributed by atoms with E-state index in [0.717, 1.165) is 21.7 Å². The third-order valence-corrected chi connectivity index (χ3v) is 2.92. The lowest BCUT2D eigenvalue weighted by atomic mass is 9.96. The van der Waals surface area contributed by atoms with Crippen molar-refractivity contribution in [2.45, 2.75) is 13.0 Å². The molecule has 2 aromatic rings. The Kier molecular flexibility index (Phi) is 6.10. The summed E-state index contributed by atoms with van der Waals surface area (Å²) in [5.74, 6) is 0. The van der Waals surface area contributed by atoms with E-state index in [1.807, 2.05) is 49.4 Å². The maximum atomic E-state index is 5.92. The molecule has 0 aromatic heterocycles. The highest BCUT2D eigenvalue weighted by atomic mass is 35.5. The van der Waals surface area contributed by atoms with Gasteiger partial charge in [0.05, 0.1) is 0 Å². The van der Waals surface area contributed by atoms with E-state index < -0.39 is 0 Å². The van der Waals surface area contributed by atoms with Crippen LogP contribution in [-0.4, -0.2) is 6.04 Å². The Morgan fingerprint density at radius 1 is 1.00 bits per heavy atom. The topological polar surface area (TPSA) is 26.0 Å². The van der Waals surface area contributed by atoms with E-state index >= 15 is 0 Å². The summed E-state index contributed by atoms with van der Waals surface area (Å²) in [5.41, 5.74) is 9.33. The summed E-state index contributed by atoms with van der Waals surface area (Å²) in [4.78, 5) is 0. The number of nitrogens with two attached hydrogens (primary N) is 1. The van der Waals surface area contributed by atoms with Crippen molar-refractivity contribution >= 4 is 29.6 Å². The van der Waals surface area contributed by atoms with Crippen LogP contribution in [0.25, 0.3) is 5.57 Å². The molecule has 2 rings (SSSR count). The van der Waals surface area contributed by atoms with Crippen LogP contribution in [0.1, 0.15) is 18.1 Å². The molecular formula is C16H17Cl2N. The fraction of sp³-hybridized carbons (Fsp3) is 0.125. The monoisotopic (exact) mass is 293 g/mol. The molecule has 3 heteroatoms. The van der Waals surface area contributed by atoms with E-state index in [4.69, 9.17) is 17.3 Å². The Labute approximate surface area is 125 Å². The molecule has 0 bridgehead atoms. The second kappa shape index (κ2) is 7.34. The standard InChI is InChI=1S/C16H16ClN.ClH/c1-12(18)11-16(13-5-3-2-4-6-13)14-7-9-15(17)10-8-14;/h2-12H,18H2,1H3;1H. The Morgan fingerprint density at radius 3 is 2.05 bits per heavy atom. The Balaban J connectivity index is 0.00000180. The van der Waals surface area contributed by atoms with Crippen LogP contribution in [0, 0.1) is 0 Å². The van der Waals surface area contributed by atoms with Crippen LogP contribution in [-0.2, 0) is 0 Å². The molecule has 0 aliphatic rings. The summed E-state index contributed by atoms with van der Waals surface area (Å²) in [6, 6.07) is 18.1. The molecule has 0 radical (unpaired) electrons. The van der Waals surface area contributed by atoms with Gasteiger partial charge < -0.3 is 5.73 Å². The van der Waals surface area contributed by atoms with Crippen LogP contribution >= 0.6 is 24.0 Å². The van der Waals surface area contributed by atoms with Crippen molar-refractivity contribution in [2.24, 2.45) is 5.73 Å². The molecule has 0 aliphatic heterocycles. The molecule has 2 N–H and O–H groups in total. The quantitative estimate of drug-likeness (QED) is 0.883. The van der Waals surface area contributed by atoms with E-state index in [-0.39, 0.29) is 18.4 Å². The van der Waals surface area contributed by atoms with Crippen molar-refractivity contribution in [1.29, 1.82) is 0 Å². The number of hydrogen-bond donors (Lipinski definition) is 1. The maximum absolute atomic E-state index is 5.92. The molecule has 0 spiro atoms. The van der Waals surface area contributed by atoms with Gasteiger partial charge >= 0.3 is 0 Å². The average molecular weight is 294 g/mol. The molecule has 0 aliphatic carbocycles. The fourth-order valence-electron chi connectivity index (χ4n) is 1.87. The van der Waals surface area contributed by atoms with Crippen molar-refractivity contribution < 1.29 is 0 Å². The van der Waals surface area contributed by atoms with Gasteiger partial charge in [-0.1, -0.05) is 60.1 Å². The smallest absolute Gasteiger partial charge is 0.0406 e. The second-order valence-corrected chi connectivity index (χ2v) is 4.75. The highest BCUT2D eigenvalue weighted by Crippen LogP contribution is 2.24. The molecule has 1 unspecified atom stereocenters. The lowest BCUT2D eigenvalue weighted by molar-refractivity contribution is 0.928. The van der Waals surface area contributed by atoms with Gasteiger partial charge in [-0.2, -0.15) is 0 Å². The molecule has 0 fully saturated rings. The molecule has 1 atom stereocenters. The van der Waals surface area contributed by atoms with Gasteiger partial charge in [-0.25, -0.2) is 0 Å². The molecular weight excluding hydrogens is 277 g/mol. The molecule has 2 aromatic carbocycles. The SMILES string of the molecule is CC(N)C=C(c1ccccc1)c1ccc(Cl)cc1.Cl. The minimum Gasteiger partial charge on any atom is -0.325 e. The van der Waals surface area contributed by atoms with Crippen molar-refractivity contribution in [1.82, 2.24) is 0 Å². The number of benzene rings is 2. The van der Waals surface area contributed by atoms with Gasteiger partial charge in [-0.15, -0.1) is 12.4 Å². The number of rotatable bonds is 3. The normalized spacial score (nSPS) is 12.7. The molecule has 0 saturated heterocycles. The third kappa shape index (κ3) is 4.39. The van der Waals surface area contributed by atoms with Gasteiger partial charge in [0.15, 0.2) is 0 Å². The zero-order chi connectivity index (χ0) is 13.0. The lowest BCUT2D eigenvalue weighted by Gasteiger charge is -2.10. The highest BCUT2D eigenvalue weighted by Gasteiger charge is 2.05. The Bertz CT molecular complexity index is 530. The summed E-state index contributed by atoms with van der Waals surface area (Å²) in [7, 11) is 0. The van der Waals surface area contributed by atoms with Gasteiger partial charge in [0.25, 0.3) is 0 Å². The minimum absolute atomic E-state index is 0. The van der Waals surface area contributed by atoms with Crippen molar-refractivity contribution in [3.05, 3.63) is 76.8 Å². The van der Waals surface area contributed by atoms with Gasteiger partial charge in [0, 0.05) is 11.1 Å². The molecule has 0 saturated carbocycles. The highest BCUT2D eigenvalue weighted by molar-refractivity contribution is 6.30. The van der Waals surface area contributed by atoms with Crippen LogP contribution in [0.5, 0.6) is 0 Å². The molecule has 100 valence electrons. The predicted octanol–water partition coefficient (Wildman–Crippen LogP) is 4.54. The van der Waals surface area contributed by atoms with Gasteiger partial charge in [0.2, 0.25) is 0 Å². The van der Waals surface area contributed by atoms with Crippen molar-refractivity contribution in [2.75, 3.05) is 0 Å². The van der Waals surface area contributed by atoms with Crippen LogP contribution in [0.15, 0.2) is 60.7 Å². The zero-order valence-electron chi connectivity index (χ0n) is 10.7. The molecule has 0 heterocycles. The first kappa shape index (κ1) is 15.8. The van der Waals surface area contributed by atoms with E-state index in [1.165, 1.54) is 0 Å². The zero-order valence-corrected chi connectivity index (χ0v) is 12.3. The van der Waals surface area contributed by atoms with Gasteiger partial charge in [0.1, 0.15) is 0 Å². The van der Waals surface area contributed by atoms with E-state index in [1.54, 1.807) is 0 Å². The largest absolute Gasteiger partial charge is 0.325 e. The van der Waals surface area contributed by atoms with E-state index in [0.29, 0.717) is 0 Å². The fourth-order valence-corrected chi connectivity index (χ4v) is 2.00. The van der Waals surface area contributed by atoms with Crippen LogP contribution < -0.4 is 5.73 Å². The minimum atomic E-state index is 0. The first-order valence-corrected chi connectivity index (χ1v) is 6.33. The predicted molar refractivity (Wildman–Crippen MR) is 85.9 cm³/mol. The second-order valence-electron chi connectivity index (χ2n) is 4.31. The van der Waals surface area contributed by atoms with Gasteiger partial charge in [-0.05, 0) is 35.8 Å². The van der Waals surface area contributed by atoms with E-state index in [9.17, 15) is 0 Å². The third-order valence-electron chi connectivity index (χ3n) is 2.67. The molecule has 1 nitrogen and oxygen atoms in total. The van der Waals surface area contributed by atoms with Crippen LogP contribution in [0.2, 0.25) is 5.02 Å². The lowest BCUT2D eigenvalue weighted by Crippen LogP contribution is -2.11. The van der Waals surface area contributed by atoms with Crippen molar-refractivity contribution in [3.63, 3.8) is 0 Å². The number of halogens is 2. The molecule has 19 heavy (non-hydrogen) atoms. The first-order valence-electron chi connectivity index (χ1n) is 5.95. The van der Waals surface area contributed by atoms with Crippen molar-refractivity contribution in [3.8, 4) is 0 Å². The Morgan fingerprint density at radius 2 is 1.53 bits per heavy atom. The van der Waals surface area contributed by atoms with Crippen LogP contribution in [0.4, 0.5) is 0 Å². The summed E-state index contributed by atoms with van der Waals surface area (Å²) < 4.78 is 0. The molecule has 0 amide bonds. The maximum Gasteiger partial charge on any atom is 0.0406 e. The van der Waals surface area contributed by atoms with Gasteiger partial charge in [-0.3, -0.25) is 0 Å².